The maximum Gasteiger partial charge on any atom is 0.251 e. The van der Waals surface area contributed by atoms with Crippen LogP contribution in [0.25, 0.3) is 43.9 Å². The minimum absolute atomic E-state index is 0.0260. The summed E-state index contributed by atoms with van der Waals surface area (Å²) in [5, 5.41) is 10.1. The summed E-state index contributed by atoms with van der Waals surface area (Å²) in [6, 6.07) is 12.5. The van der Waals surface area contributed by atoms with Crippen LogP contribution in [0.1, 0.15) is 29.0 Å². The number of carbonyl (C=O) groups is 2. The summed E-state index contributed by atoms with van der Waals surface area (Å²) in [7, 11) is 2.93. The van der Waals surface area contributed by atoms with Crippen molar-refractivity contribution in [2.75, 3.05) is 20.7 Å². The summed E-state index contributed by atoms with van der Waals surface area (Å²) in [6.07, 6.45) is 1.29. The van der Waals surface area contributed by atoms with Gasteiger partial charge < -0.3 is 15.0 Å². The lowest BCUT2D eigenvalue weighted by Gasteiger charge is -2.33. The second kappa shape index (κ2) is 11.1. The Kier molecular flexibility index (Phi) is 7.26. The van der Waals surface area contributed by atoms with Gasteiger partial charge in [0.05, 0.1) is 36.6 Å². The van der Waals surface area contributed by atoms with Crippen molar-refractivity contribution in [3.8, 4) is 39.5 Å². The van der Waals surface area contributed by atoms with Gasteiger partial charge in [-0.15, -0.1) is 11.3 Å². The van der Waals surface area contributed by atoms with E-state index in [-0.39, 0.29) is 29.2 Å². The lowest BCUT2D eigenvalue weighted by Crippen LogP contribution is -2.40. The van der Waals surface area contributed by atoms with E-state index in [0.717, 1.165) is 28.8 Å². The minimum Gasteiger partial charge on any atom is -0.496 e. The van der Waals surface area contributed by atoms with E-state index >= 15 is 4.39 Å². The van der Waals surface area contributed by atoms with Crippen LogP contribution in [-0.4, -0.2) is 52.2 Å². The third kappa shape index (κ3) is 4.75. The molecule has 0 fully saturated rings. The molecule has 1 atom stereocenters. The van der Waals surface area contributed by atoms with Crippen LogP contribution >= 0.6 is 11.3 Å². The molecule has 0 bridgehead atoms. The molecule has 2 amide bonds. The van der Waals surface area contributed by atoms with Crippen LogP contribution in [0.15, 0.2) is 66.6 Å². The number of nitrogens with zero attached hydrogens (tertiary/aromatic N) is 4. The van der Waals surface area contributed by atoms with Crippen LogP contribution in [-0.2, 0) is 11.3 Å². The highest BCUT2D eigenvalue weighted by Crippen LogP contribution is 2.47. The normalized spacial score (nSPS) is 14.4. The molecule has 0 saturated carbocycles. The summed E-state index contributed by atoms with van der Waals surface area (Å²) in [5.41, 5.74) is 3.98. The number of thiophene rings is 1. The van der Waals surface area contributed by atoms with Crippen LogP contribution in [0, 0.1) is 11.6 Å². The highest BCUT2D eigenvalue weighted by molar-refractivity contribution is 7.18. The third-order valence-corrected chi connectivity index (χ3v) is 8.64. The highest BCUT2D eigenvalue weighted by atomic mass is 32.1. The predicted octanol–water partition coefficient (Wildman–Crippen LogP) is 6.23. The molecule has 1 aliphatic rings. The van der Waals surface area contributed by atoms with Crippen molar-refractivity contribution in [2.24, 2.45) is 0 Å². The second-order valence-corrected chi connectivity index (χ2v) is 11.0. The van der Waals surface area contributed by atoms with E-state index in [1.807, 2.05) is 41.3 Å². The molecular weight excluding hydrogens is 572 g/mol. The first-order valence-electron chi connectivity index (χ1n) is 13.5. The number of fused-ring (bicyclic) bond motifs is 2. The van der Waals surface area contributed by atoms with Gasteiger partial charge in [0.25, 0.3) is 5.91 Å². The number of rotatable bonds is 6. The summed E-state index contributed by atoms with van der Waals surface area (Å²) in [6.45, 7) is 6.44. The molecule has 8 nitrogen and oxygen atoms in total. The van der Waals surface area contributed by atoms with E-state index in [9.17, 15) is 14.0 Å². The SMILES string of the molecule is C=CC(=O)N1CCn2nc(-c3nc(-c4ccc(C(=O)NC)cc4)c4ccsc4c3-c3c(F)cc(F)cc3OC)cc2C1C. The summed E-state index contributed by atoms with van der Waals surface area (Å²) >= 11 is 1.39. The van der Waals surface area contributed by atoms with Gasteiger partial charge in [0.15, 0.2) is 0 Å². The predicted molar refractivity (Wildman–Crippen MR) is 162 cm³/mol. The molecule has 5 aromatic rings. The Labute approximate surface area is 250 Å². The van der Waals surface area contributed by atoms with Gasteiger partial charge in [-0.1, -0.05) is 18.7 Å². The van der Waals surface area contributed by atoms with E-state index in [4.69, 9.17) is 14.8 Å². The summed E-state index contributed by atoms with van der Waals surface area (Å²) in [5.74, 6) is -1.92. The molecule has 0 saturated heterocycles. The van der Waals surface area contributed by atoms with Gasteiger partial charge >= 0.3 is 0 Å². The zero-order chi connectivity index (χ0) is 30.4. The largest absolute Gasteiger partial charge is 0.496 e. The van der Waals surface area contributed by atoms with Gasteiger partial charge in [-0.2, -0.15) is 5.10 Å². The number of carbonyl (C=O) groups excluding carboxylic acids is 2. The highest BCUT2D eigenvalue weighted by Gasteiger charge is 2.31. The van der Waals surface area contributed by atoms with Gasteiger partial charge in [-0.3, -0.25) is 14.3 Å². The van der Waals surface area contributed by atoms with Gasteiger partial charge in [-0.05, 0) is 42.6 Å². The van der Waals surface area contributed by atoms with Crippen LogP contribution in [0.5, 0.6) is 5.75 Å². The van der Waals surface area contributed by atoms with Crippen molar-refractivity contribution in [2.45, 2.75) is 19.5 Å². The first-order valence-corrected chi connectivity index (χ1v) is 14.4. The van der Waals surface area contributed by atoms with Crippen molar-refractivity contribution < 1.29 is 23.1 Å². The Hall–Kier alpha value is -4.90. The molecule has 1 N–H and O–H groups in total. The van der Waals surface area contributed by atoms with E-state index in [1.165, 1.54) is 24.5 Å². The number of pyridine rings is 1. The molecule has 218 valence electrons. The zero-order valence-electron chi connectivity index (χ0n) is 23.6. The number of benzene rings is 2. The number of amides is 2. The smallest absolute Gasteiger partial charge is 0.251 e. The van der Waals surface area contributed by atoms with Crippen LogP contribution in [0.4, 0.5) is 8.78 Å². The molecule has 11 heteroatoms. The van der Waals surface area contributed by atoms with Gasteiger partial charge in [-0.25, -0.2) is 13.8 Å². The number of ether oxygens (including phenoxy) is 1. The molecule has 3 aromatic heterocycles. The quantitative estimate of drug-likeness (QED) is 0.234. The maximum atomic E-state index is 15.7. The lowest BCUT2D eigenvalue weighted by atomic mass is 9.96. The Morgan fingerprint density at radius 1 is 1.09 bits per heavy atom. The van der Waals surface area contributed by atoms with Crippen molar-refractivity contribution >= 4 is 33.2 Å². The van der Waals surface area contributed by atoms with E-state index in [2.05, 4.69) is 11.9 Å². The average Bonchev–Trinajstić information content (AvgIpc) is 3.68. The number of hydrogen-bond donors (Lipinski definition) is 1. The van der Waals surface area contributed by atoms with Gasteiger partial charge in [0.1, 0.15) is 28.8 Å². The second-order valence-electron chi connectivity index (χ2n) is 10.1. The molecule has 1 aliphatic heterocycles. The Morgan fingerprint density at radius 2 is 1.86 bits per heavy atom. The maximum absolute atomic E-state index is 15.7. The molecule has 4 heterocycles. The molecule has 43 heavy (non-hydrogen) atoms. The van der Waals surface area contributed by atoms with Crippen LogP contribution in [0.3, 0.4) is 0 Å². The molecule has 0 spiro atoms. The number of nitrogens with one attached hydrogen (secondary N) is 1. The number of aromatic nitrogens is 3. The lowest BCUT2D eigenvalue weighted by molar-refractivity contribution is -0.129. The van der Waals surface area contributed by atoms with Gasteiger partial charge in [0.2, 0.25) is 5.91 Å². The number of halogens is 2. The monoisotopic (exact) mass is 599 g/mol. The van der Waals surface area contributed by atoms with Crippen LogP contribution in [0.2, 0.25) is 0 Å². The zero-order valence-corrected chi connectivity index (χ0v) is 24.5. The van der Waals surface area contributed by atoms with Gasteiger partial charge in [0, 0.05) is 52.5 Å². The van der Waals surface area contributed by atoms with E-state index in [1.54, 1.807) is 24.1 Å². The Balaban J connectivity index is 1.63. The summed E-state index contributed by atoms with van der Waals surface area (Å²) < 4.78 is 38.0. The molecule has 0 aliphatic carbocycles. The van der Waals surface area contributed by atoms with E-state index < -0.39 is 11.6 Å². The average molecular weight is 600 g/mol. The molecule has 1 unspecified atom stereocenters. The molecule has 2 aromatic carbocycles. The Bertz CT molecular complexity index is 1910. The first-order chi connectivity index (χ1) is 20.7. The third-order valence-electron chi connectivity index (χ3n) is 7.70. The fourth-order valence-corrected chi connectivity index (χ4v) is 6.52. The van der Waals surface area contributed by atoms with Crippen LogP contribution < -0.4 is 10.1 Å². The molecule has 0 radical (unpaired) electrons. The van der Waals surface area contributed by atoms with Crippen molar-refractivity contribution in [3.63, 3.8) is 0 Å². The fourth-order valence-electron chi connectivity index (χ4n) is 5.58. The summed E-state index contributed by atoms with van der Waals surface area (Å²) in [4.78, 5) is 31.4. The Morgan fingerprint density at radius 3 is 2.56 bits per heavy atom. The molecular formula is C32H27F2N5O3S. The first kappa shape index (κ1) is 28.2. The number of hydrogen-bond acceptors (Lipinski definition) is 6. The number of methoxy groups -OCH3 is 1. The topological polar surface area (TPSA) is 89.4 Å². The minimum atomic E-state index is -0.794. The standard InChI is InChI=1S/C32H27F2N5O3S/c1-5-26(40)38-11-12-39-24(17(38)2)16-23(37-39)30-28(27-22(34)14-20(33)15-25(27)42-4)31-21(10-13-43-31)29(36-30)18-6-8-19(9-7-18)32(41)35-3/h5-10,13-17H,1,11-12H2,2-4H3,(H,35,41). The fraction of sp³-hybridized carbons (Fsp3) is 0.188. The van der Waals surface area contributed by atoms with E-state index in [0.29, 0.717) is 46.0 Å². The molecule has 6 rings (SSSR count). The van der Waals surface area contributed by atoms with Crippen molar-refractivity contribution in [1.82, 2.24) is 25.0 Å². The van der Waals surface area contributed by atoms with Crippen molar-refractivity contribution in [1.29, 1.82) is 0 Å². The van der Waals surface area contributed by atoms with Crippen molar-refractivity contribution in [3.05, 3.63) is 89.5 Å².